The van der Waals surface area contributed by atoms with Crippen molar-refractivity contribution >= 4 is 5.91 Å². The molecule has 1 aliphatic heterocycles. The van der Waals surface area contributed by atoms with Gasteiger partial charge < -0.3 is 4.90 Å². The number of carbonyl (C=O) groups is 1. The molecule has 0 N–H and O–H groups in total. The first-order valence-electron chi connectivity index (χ1n) is 6.08. The molecule has 2 rings (SSSR count). The van der Waals surface area contributed by atoms with Crippen LogP contribution in [0.1, 0.15) is 22.3 Å². The van der Waals surface area contributed by atoms with Crippen molar-refractivity contribution in [2.24, 2.45) is 0 Å². The Morgan fingerprint density at radius 2 is 1.79 bits per heavy atom. The second kappa shape index (κ2) is 5.61. The van der Waals surface area contributed by atoms with Gasteiger partial charge >= 0.3 is 6.18 Å². The lowest BCUT2D eigenvalue weighted by atomic mass is 10.1. The van der Waals surface area contributed by atoms with E-state index < -0.39 is 11.7 Å². The zero-order valence-electron chi connectivity index (χ0n) is 10.3. The van der Waals surface area contributed by atoms with Gasteiger partial charge in [0.2, 0.25) is 0 Å². The summed E-state index contributed by atoms with van der Waals surface area (Å²) in [6.07, 6.45) is -3.57. The minimum Gasteiger partial charge on any atom is -0.337 e. The van der Waals surface area contributed by atoms with E-state index in [1.165, 1.54) is 12.1 Å². The van der Waals surface area contributed by atoms with Gasteiger partial charge in [-0.25, -0.2) is 5.32 Å². The number of carbonyl (C=O) groups excluding carboxylic acids is 1. The number of nitrogens with zero attached hydrogens (tertiary/aromatic N) is 2. The van der Waals surface area contributed by atoms with Crippen LogP contribution in [-0.2, 0) is 6.18 Å². The highest BCUT2D eigenvalue weighted by atomic mass is 19.4. The highest BCUT2D eigenvalue weighted by Crippen LogP contribution is 2.29. The number of amides is 1. The molecule has 0 aromatic heterocycles. The molecule has 0 aliphatic carbocycles. The number of benzene rings is 1. The molecule has 1 amide bonds. The van der Waals surface area contributed by atoms with Crippen molar-refractivity contribution in [3.05, 3.63) is 35.4 Å². The minimum absolute atomic E-state index is 0.231. The van der Waals surface area contributed by atoms with Crippen LogP contribution in [0.25, 0.3) is 0 Å². The molecule has 1 aliphatic rings. The Labute approximate surface area is 109 Å². The van der Waals surface area contributed by atoms with Crippen LogP contribution in [0.2, 0.25) is 0 Å². The van der Waals surface area contributed by atoms with Gasteiger partial charge in [-0.15, -0.1) is 0 Å². The van der Waals surface area contributed by atoms with Gasteiger partial charge in [-0.1, -0.05) is 0 Å². The lowest BCUT2D eigenvalue weighted by Gasteiger charge is -2.20. The van der Waals surface area contributed by atoms with E-state index in [9.17, 15) is 18.0 Å². The zero-order chi connectivity index (χ0) is 13.9. The zero-order valence-corrected chi connectivity index (χ0v) is 10.3. The van der Waals surface area contributed by atoms with Crippen LogP contribution in [0.5, 0.6) is 0 Å². The van der Waals surface area contributed by atoms with Gasteiger partial charge in [0.1, 0.15) is 0 Å². The highest BCUT2D eigenvalue weighted by Gasteiger charge is 2.30. The number of hydrogen-bond donors (Lipinski definition) is 0. The van der Waals surface area contributed by atoms with E-state index in [1.54, 1.807) is 4.90 Å². The average molecular weight is 271 g/mol. The van der Waals surface area contributed by atoms with Crippen LogP contribution < -0.4 is 5.32 Å². The monoisotopic (exact) mass is 271 g/mol. The fraction of sp³-hybridized carbons (Fsp3) is 0.462. The smallest absolute Gasteiger partial charge is 0.337 e. The van der Waals surface area contributed by atoms with Crippen LogP contribution in [0, 0.1) is 0 Å². The van der Waals surface area contributed by atoms with Crippen molar-refractivity contribution in [1.29, 1.82) is 0 Å². The van der Waals surface area contributed by atoms with Gasteiger partial charge in [0.15, 0.2) is 0 Å². The molecule has 1 saturated heterocycles. The molecule has 103 valence electrons. The second-order valence-electron chi connectivity index (χ2n) is 4.39. The standard InChI is InChI=1S/C13H14F3N2O/c14-13(15,16)11-4-2-10(3-5-11)12(19)18-8-1-6-17-7-9-18/h2-5H,1,6-9H2. The van der Waals surface area contributed by atoms with Crippen molar-refractivity contribution in [3.8, 4) is 0 Å². The van der Waals surface area contributed by atoms with Crippen LogP contribution >= 0.6 is 0 Å². The van der Waals surface area contributed by atoms with E-state index in [2.05, 4.69) is 5.32 Å². The SMILES string of the molecule is O=C(c1ccc(C(F)(F)F)cc1)N1CCC[N]CC1. The van der Waals surface area contributed by atoms with E-state index in [1.807, 2.05) is 0 Å². The van der Waals surface area contributed by atoms with Gasteiger partial charge in [-0.3, -0.25) is 4.79 Å². The third kappa shape index (κ3) is 3.47. The summed E-state index contributed by atoms with van der Waals surface area (Å²) in [5.74, 6) is -0.231. The molecule has 0 atom stereocenters. The fourth-order valence-corrected chi connectivity index (χ4v) is 1.98. The van der Waals surface area contributed by atoms with Crippen LogP contribution in [0.3, 0.4) is 0 Å². The molecule has 0 spiro atoms. The Balaban J connectivity index is 2.10. The third-order valence-electron chi connectivity index (χ3n) is 3.02. The maximum atomic E-state index is 12.4. The molecule has 1 aromatic carbocycles. The molecule has 19 heavy (non-hydrogen) atoms. The van der Waals surface area contributed by atoms with Gasteiger partial charge in [-0.2, -0.15) is 13.2 Å². The third-order valence-corrected chi connectivity index (χ3v) is 3.02. The first-order valence-corrected chi connectivity index (χ1v) is 6.08. The molecular weight excluding hydrogens is 257 g/mol. The summed E-state index contributed by atoms with van der Waals surface area (Å²) in [7, 11) is 0. The topological polar surface area (TPSA) is 34.4 Å². The number of halogens is 3. The molecular formula is C13H14F3N2O. The average Bonchev–Trinajstić information content (AvgIpc) is 2.66. The molecule has 1 heterocycles. The Morgan fingerprint density at radius 3 is 2.42 bits per heavy atom. The van der Waals surface area contributed by atoms with E-state index in [0.717, 1.165) is 25.1 Å². The van der Waals surface area contributed by atoms with Crippen LogP contribution in [-0.4, -0.2) is 37.0 Å². The summed E-state index contributed by atoms with van der Waals surface area (Å²) in [5.41, 5.74) is -0.454. The van der Waals surface area contributed by atoms with Crippen molar-refractivity contribution in [1.82, 2.24) is 10.2 Å². The maximum absolute atomic E-state index is 12.4. The summed E-state index contributed by atoms with van der Waals surface area (Å²) in [4.78, 5) is 13.8. The summed E-state index contributed by atoms with van der Waals surface area (Å²) in [6.45, 7) is 2.45. The van der Waals surface area contributed by atoms with Crippen molar-refractivity contribution < 1.29 is 18.0 Å². The summed E-state index contributed by atoms with van der Waals surface area (Å²) >= 11 is 0. The van der Waals surface area contributed by atoms with Gasteiger partial charge in [0, 0.05) is 31.7 Å². The first-order chi connectivity index (χ1) is 8.98. The number of alkyl halides is 3. The molecule has 1 fully saturated rings. The minimum atomic E-state index is -4.37. The van der Waals surface area contributed by atoms with E-state index in [0.29, 0.717) is 19.6 Å². The maximum Gasteiger partial charge on any atom is 0.416 e. The Kier molecular flexibility index (Phi) is 4.09. The summed E-state index contributed by atoms with van der Waals surface area (Å²) in [6, 6.07) is 4.34. The lowest BCUT2D eigenvalue weighted by Crippen LogP contribution is -2.33. The fourth-order valence-electron chi connectivity index (χ4n) is 1.98. The lowest BCUT2D eigenvalue weighted by molar-refractivity contribution is -0.137. The number of rotatable bonds is 1. The normalized spacial score (nSPS) is 17.1. The van der Waals surface area contributed by atoms with Crippen LogP contribution in [0.15, 0.2) is 24.3 Å². The molecule has 0 unspecified atom stereocenters. The Bertz CT molecular complexity index is 434. The van der Waals surface area contributed by atoms with Gasteiger partial charge in [-0.05, 0) is 30.7 Å². The molecule has 0 bridgehead atoms. The predicted molar refractivity (Wildman–Crippen MR) is 63.8 cm³/mol. The Morgan fingerprint density at radius 1 is 1.11 bits per heavy atom. The molecule has 3 nitrogen and oxygen atoms in total. The molecule has 6 heteroatoms. The molecule has 1 aromatic rings. The largest absolute Gasteiger partial charge is 0.416 e. The van der Waals surface area contributed by atoms with E-state index in [-0.39, 0.29) is 11.5 Å². The van der Waals surface area contributed by atoms with E-state index >= 15 is 0 Å². The summed E-state index contributed by atoms with van der Waals surface area (Å²) < 4.78 is 37.3. The quantitative estimate of drug-likeness (QED) is 0.770. The highest BCUT2D eigenvalue weighted by molar-refractivity contribution is 5.94. The van der Waals surface area contributed by atoms with E-state index in [4.69, 9.17) is 0 Å². The van der Waals surface area contributed by atoms with Gasteiger partial charge in [0.25, 0.3) is 5.91 Å². The van der Waals surface area contributed by atoms with Crippen molar-refractivity contribution in [2.45, 2.75) is 12.6 Å². The van der Waals surface area contributed by atoms with Crippen molar-refractivity contribution in [2.75, 3.05) is 26.2 Å². The predicted octanol–water partition coefficient (Wildman–Crippen LogP) is 2.16. The second-order valence-corrected chi connectivity index (χ2v) is 4.39. The summed E-state index contributed by atoms with van der Waals surface area (Å²) in [5, 5.41) is 4.20. The Hall–Kier alpha value is -1.56. The van der Waals surface area contributed by atoms with Gasteiger partial charge in [0.05, 0.1) is 5.56 Å². The van der Waals surface area contributed by atoms with Crippen molar-refractivity contribution in [3.63, 3.8) is 0 Å². The molecule has 0 saturated carbocycles. The first kappa shape index (κ1) is 13.9. The van der Waals surface area contributed by atoms with Crippen LogP contribution in [0.4, 0.5) is 13.2 Å². The molecule has 1 radical (unpaired) electrons. The number of hydrogen-bond acceptors (Lipinski definition) is 1.